The molecule has 0 atom stereocenters. The van der Waals surface area contributed by atoms with Crippen molar-refractivity contribution in [3.8, 4) is 17.0 Å². The molecule has 20 heavy (non-hydrogen) atoms. The van der Waals surface area contributed by atoms with Crippen molar-refractivity contribution in [1.82, 2.24) is 9.55 Å². The van der Waals surface area contributed by atoms with E-state index in [0.29, 0.717) is 19.0 Å². The molecule has 0 aliphatic rings. The highest BCUT2D eigenvalue weighted by Gasteiger charge is 2.17. The number of hydrogen-bond donors (Lipinski definition) is 1. The van der Waals surface area contributed by atoms with Crippen LogP contribution < -0.4 is 10.5 Å². The first-order chi connectivity index (χ1) is 9.72. The third-order valence-electron chi connectivity index (χ3n) is 3.16. The average molecular weight is 271 g/mol. The van der Waals surface area contributed by atoms with E-state index in [4.69, 9.17) is 10.5 Å². The van der Waals surface area contributed by atoms with Crippen molar-refractivity contribution in [2.24, 2.45) is 0 Å². The number of aryl methyl sites for hydroxylation is 1. The van der Waals surface area contributed by atoms with Gasteiger partial charge in [-0.2, -0.15) is 0 Å². The number of allylic oxidation sites excluding steroid dienone is 1. The molecular formula is C16H21N3O. The number of nitrogen functional groups attached to an aromatic ring is 1. The molecule has 0 spiro atoms. The van der Waals surface area contributed by atoms with E-state index in [2.05, 4.69) is 18.5 Å². The molecule has 0 radical (unpaired) electrons. The van der Waals surface area contributed by atoms with Crippen molar-refractivity contribution < 1.29 is 4.74 Å². The highest BCUT2D eigenvalue weighted by Crippen LogP contribution is 2.33. The van der Waals surface area contributed by atoms with Crippen LogP contribution >= 0.6 is 0 Å². The van der Waals surface area contributed by atoms with Gasteiger partial charge in [0.25, 0.3) is 0 Å². The number of aromatic nitrogens is 2. The van der Waals surface area contributed by atoms with Crippen LogP contribution in [0.5, 0.6) is 5.75 Å². The quantitative estimate of drug-likeness (QED) is 0.820. The summed E-state index contributed by atoms with van der Waals surface area (Å²) >= 11 is 0. The Hall–Kier alpha value is -2.23. The second-order valence-corrected chi connectivity index (χ2v) is 4.44. The predicted octanol–water partition coefficient (Wildman–Crippen LogP) is 3.28. The van der Waals surface area contributed by atoms with E-state index in [1.807, 2.05) is 41.8 Å². The van der Waals surface area contributed by atoms with Gasteiger partial charge in [0.15, 0.2) is 0 Å². The smallest absolute Gasteiger partial charge is 0.132 e. The summed E-state index contributed by atoms with van der Waals surface area (Å²) in [7, 11) is 0. The van der Waals surface area contributed by atoms with E-state index in [1.54, 1.807) is 0 Å². The molecule has 1 heterocycles. The Morgan fingerprint density at radius 3 is 2.75 bits per heavy atom. The zero-order valence-electron chi connectivity index (χ0n) is 12.1. The summed E-state index contributed by atoms with van der Waals surface area (Å²) in [5.41, 5.74) is 7.98. The average Bonchev–Trinajstić information content (AvgIpc) is 2.77. The lowest BCUT2D eigenvalue weighted by atomic mass is 10.1. The topological polar surface area (TPSA) is 53.1 Å². The van der Waals surface area contributed by atoms with Crippen LogP contribution in [0, 0.1) is 0 Å². The summed E-state index contributed by atoms with van der Waals surface area (Å²) in [6, 6.07) is 7.85. The fourth-order valence-corrected chi connectivity index (χ4v) is 2.26. The van der Waals surface area contributed by atoms with Crippen LogP contribution in [0.2, 0.25) is 0 Å². The maximum Gasteiger partial charge on any atom is 0.132 e. The Labute approximate surface area is 119 Å². The lowest BCUT2D eigenvalue weighted by Crippen LogP contribution is -2.05. The molecule has 0 aliphatic heterocycles. The predicted molar refractivity (Wildman–Crippen MR) is 82.8 cm³/mol. The Balaban J connectivity index is 2.55. The van der Waals surface area contributed by atoms with Crippen LogP contribution in [0.25, 0.3) is 11.3 Å². The molecule has 1 aromatic carbocycles. The molecule has 1 aromatic heterocycles. The maximum atomic E-state index is 6.26. The number of nitrogens with zero attached hydrogens (tertiary/aromatic N) is 2. The maximum absolute atomic E-state index is 6.26. The van der Waals surface area contributed by atoms with Crippen molar-refractivity contribution in [1.29, 1.82) is 0 Å². The van der Waals surface area contributed by atoms with Crippen molar-refractivity contribution in [2.75, 3.05) is 12.3 Å². The van der Waals surface area contributed by atoms with Gasteiger partial charge in [-0.15, -0.1) is 6.58 Å². The fourth-order valence-electron chi connectivity index (χ4n) is 2.26. The van der Waals surface area contributed by atoms with Crippen molar-refractivity contribution in [3.63, 3.8) is 0 Å². The Kier molecular flexibility index (Phi) is 4.45. The summed E-state index contributed by atoms with van der Waals surface area (Å²) in [6.07, 6.45) is 2.66. The van der Waals surface area contributed by atoms with E-state index in [0.717, 1.165) is 29.3 Å². The number of nitrogens with two attached hydrogens (primary N) is 1. The standard InChI is InChI=1S/C16H21N3O/c1-4-11-19-14(5-2)18-15(16(19)17)12-9-7-8-10-13(12)20-6-3/h4,7-10H,1,5-6,11,17H2,2-3H3. The Morgan fingerprint density at radius 1 is 1.35 bits per heavy atom. The third-order valence-corrected chi connectivity index (χ3v) is 3.16. The number of rotatable bonds is 6. The molecule has 0 saturated heterocycles. The number of imidazole rings is 1. The molecule has 2 rings (SSSR count). The summed E-state index contributed by atoms with van der Waals surface area (Å²) in [5.74, 6) is 2.44. The first kappa shape index (κ1) is 14.2. The molecule has 0 saturated carbocycles. The minimum absolute atomic E-state index is 0.616. The van der Waals surface area contributed by atoms with Gasteiger partial charge in [-0.05, 0) is 19.1 Å². The molecule has 106 valence electrons. The summed E-state index contributed by atoms with van der Waals surface area (Å²) in [4.78, 5) is 4.67. The first-order valence-corrected chi connectivity index (χ1v) is 6.90. The van der Waals surface area contributed by atoms with Crippen LogP contribution in [0.1, 0.15) is 19.7 Å². The second-order valence-electron chi connectivity index (χ2n) is 4.44. The van der Waals surface area contributed by atoms with Crippen LogP contribution in [-0.2, 0) is 13.0 Å². The summed E-state index contributed by atoms with van der Waals surface area (Å²) in [5, 5.41) is 0. The number of ether oxygens (including phenoxy) is 1. The van der Waals surface area contributed by atoms with E-state index < -0.39 is 0 Å². The number of hydrogen-bond acceptors (Lipinski definition) is 3. The minimum atomic E-state index is 0.616. The zero-order valence-corrected chi connectivity index (χ0v) is 12.1. The molecule has 2 aromatic rings. The van der Waals surface area contributed by atoms with Crippen LogP contribution in [0.15, 0.2) is 36.9 Å². The van der Waals surface area contributed by atoms with Crippen molar-refractivity contribution >= 4 is 5.82 Å². The lowest BCUT2D eigenvalue weighted by Gasteiger charge is -2.09. The largest absolute Gasteiger partial charge is 0.493 e. The first-order valence-electron chi connectivity index (χ1n) is 6.90. The summed E-state index contributed by atoms with van der Waals surface area (Å²) < 4.78 is 7.66. The van der Waals surface area contributed by atoms with Gasteiger partial charge in [0.05, 0.1) is 6.61 Å². The van der Waals surface area contributed by atoms with Crippen molar-refractivity contribution in [3.05, 3.63) is 42.7 Å². The van der Waals surface area contributed by atoms with Gasteiger partial charge in [0.2, 0.25) is 0 Å². The van der Waals surface area contributed by atoms with Gasteiger partial charge in [0.1, 0.15) is 23.1 Å². The van der Waals surface area contributed by atoms with Crippen molar-refractivity contribution in [2.45, 2.75) is 26.8 Å². The van der Waals surface area contributed by atoms with Crippen LogP contribution in [0.4, 0.5) is 5.82 Å². The SMILES string of the molecule is C=CCn1c(CC)nc(-c2ccccc2OCC)c1N. The van der Waals surface area contributed by atoms with E-state index in [9.17, 15) is 0 Å². The summed E-state index contributed by atoms with van der Waals surface area (Å²) in [6.45, 7) is 9.09. The molecule has 0 amide bonds. The zero-order chi connectivity index (χ0) is 14.5. The lowest BCUT2D eigenvalue weighted by molar-refractivity contribution is 0.341. The molecular weight excluding hydrogens is 250 g/mol. The molecule has 0 unspecified atom stereocenters. The normalized spacial score (nSPS) is 10.5. The second kappa shape index (κ2) is 6.28. The monoisotopic (exact) mass is 271 g/mol. The van der Waals surface area contributed by atoms with Gasteiger partial charge in [-0.25, -0.2) is 4.98 Å². The van der Waals surface area contributed by atoms with E-state index in [-0.39, 0.29) is 0 Å². The van der Waals surface area contributed by atoms with E-state index >= 15 is 0 Å². The molecule has 0 bridgehead atoms. The van der Waals surface area contributed by atoms with Crippen LogP contribution in [0.3, 0.4) is 0 Å². The fraction of sp³-hybridized carbons (Fsp3) is 0.312. The molecule has 4 nitrogen and oxygen atoms in total. The highest BCUT2D eigenvalue weighted by molar-refractivity contribution is 5.76. The molecule has 4 heteroatoms. The van der Waals surface area contributed by atoms with Gasteiger partial charge in [0, 0.05) is 18.5 Å². The highest BCUT2D eigenvalue weighted by atomic mass is 16.5. The van der Waals surface area contributed by atoms with E-state index in [1.165, 1.54) is 0 Å². The number of para-hydroxylation sites is 1. The van der Waals surface area contributed by atoms with Gasteiger partial charge >= 0.3 is 0 Å². The van der Waals surface area contributed by atoms with Crippen LogP contribution in [-0.4, -0.2) is 16.2 Å². The molecule has 0 aliphatic carbocycles. The third kappa shape index (κ3) is 2.54. The Bertz CT molecular complexity index is 602. The minimum Gasteiger partial charge on any atom is -0.493 e. The number of benzene rings is 1. The van der Waals surface area contributed by atoms with Gasteiger partial charge in [-0.3, -0.25) is 0 Å². The molecule has 0 fully saturated rings. The van der Waals surface area contributed by atoms with Gasteiger partial charge < -0.3 is 15.0 Å². The number of anilines is 1. The Morgan fingerprint density at radius 2 is 2.10 bits per heavy atom. The molecule has 2 N–H and O–H groups in total. The van der Waals surface area contributed by atoms with Gasteiger partial charge in [-0.1, -0.05) is 25.1 Å².